The Labute approximate surface area is 185 Å². The number of nitrogens with one attached hydrogen (secondary N) is 1. The van der Waals surface area contributed by atoms with Crippen LogP contribution in [0, 0.1) is 0 Å². The normalized spacial score (nSPS) is 10.7. The molecule has 0 unspecified atom stereocenters. The second-order valence-corrected chi connectivity index (χ2v) is 8.26. The zero-order valence-corrected chi connectivity index (χ0v) is 18.3. The van der Waals surface area contributed by atoms with Crippen molar-refractivity contribution < 1.29 is 14.4 Å². The average Bonchev–Trinajstić information content (AvgIpc) is 3.17. The lowest BCUT2D eigenvalue weighted by Crippen LogP contribution is -2.33. The van der Waals surface area contributed by atoms with E-state index in [0.717, 1.165) is 28.1 Å². The fraction of sp³-hybridized carbons (Fsp3) is 0.304. The summed E-state index contributed by atoms with van der Waals surface area (Å²) in [6, 6.07) is 14.4. The van der Waals surface area contributed by atoms with Crippen LogP contribution < -0.4 is 11.1 Å². The molecule has 1 aromatic heterocycles. The zero-order chi connectivity index (χ0) is 22.2. The third-order valence-corrected chi connectivity index (χ3v) is 6.01. The number of aryl methyl sites for hydroxylation is 1. The average molecular weight is 439 g/mol. The quantitative estimate of drug-likeness (QED) is 0.504. The summed E-state index contributed by atoms with van der Waals surface area (Å²) in [5.41, 5.74) is 7.17. The molecule has 0 spiro atoms. The maximum atomic E-state index is 12.5. The van der Waals surface area contributed by atoms with Gasteiger partial charge in [-0.3, -0.25) is 14.4 Å². The van der Waals surface area contributed by atoms with Crippen LogP contribution in [0.3, 0.4) is 0 Å². The van der Waals surface area contributed by atoms with Crippen LogP contribution in [0.25, 0.3) is 10.2 Å². The van der Waals surface area contributed by atoms with E-state index in [0.29, 0.717) is 30.8 Å². The third-order valence-electron chi connectivity index (χ3n) is 4.92. The van der Waals surface area contributed by atoms with Gasteiger partial charge in [-0.15, -0.1) is 11.3 Å². The predicted octanol–water partition coefficient (Wildman–Crippen LogP) is 3.60. The van der Waals surface area contributed by atoms with E-state index < -0.39 is 5.91 Å². The van der Waals surface area contributed by atoms with Gasteiger partial charge in [0.05, 0.1) is 15.2 Å². The van der Waals surface area contributed by atoms with Gasteiger partial charge >= 0.3 is 0 Å². The van der Waals surface area contributed by atoms with E-state index in [1.165, 1.54) is 0 Å². The van der Waals surface area contributed by atoms with Crippen molar-refractivity contribution in [1.82, 2.24) is 9.88 Å². The lowest BCUT2D eigenvalue weighted by molar-refractivity contribution is -0.131. The number of thiazole rings is 1. The summed E-state index contributed by atoms with van der Waals surface area (Å²) >= 11 is 1.67. The Kier molecular flexibility index (Phi) is 7.72. The van der Waals surface area contributed by atoms with Crippen LogP contribution in [-0.2, 0) is 16.0 Å². The Bertz CT molecular complexity index is 1030. The molecule has 3 rings (SSSR count). The number of anilines is 1. The summed E-state index contributed by atoms with van der Waals surface area (Å²) in [7, 11) is 0. The van der Waals surface area contributed by atoms with Gasteiger partial charge in [0.2, 0.25) is 17.7 Å². The molecule has 0 fully saturated rings. The van der Waals surface area contributed by atoms with Gasteiger partial charge in [0.1, 0.15) is 0 Å². The molecule has 3 N–H and O–H groups in total. The number of amides is 3. The smallest absolute Gasteiger partial charge is 0.248 e. The minimum Gasteiger partial charge on any atom is -0.366 e. The van der Waals surface area contributed by atoms with E-state index in [-0.39, 0.29) is 18.2 Å². The highest BCUT2D eigenvalue weighted by atomic mass is 32.1. The number of carbonyl (C=O) groups is 3. The summed E-state index contributed by atoms with van der Waals surface area (Å²) < 4.78 is 1.16. The zero-order valence-electron chi connectivity index (χ0n) is 17.5. The van der Waals surface area contributed by atoms with Gasteiger partial charge in [0, 0.05) is 37.2 Å². The van der Waals surface area contributed by atoms with Gasteiger partial charge in [-0.05, 0) is 56.2 Å². The number of carbonyl (C=O) groups excluding carboxylic acids is 3. The molecule has 0 atom stereocenters. The molecular formula is C23H26N4O3S. The number of rotatable bonds is 10. The maximum absolute atomic E-state index is 12.5. The molecule has 31 heavy (non-hydrogen) atoms. The monoisotopic (exact) mass is 438 g/mol. The number of para-hydroxylation sites is 1. The first kappa shape index (κ1) is 22.4. The van der Waals surface area contributed by atoms with Crippen LogP contribution in [0.5, 0.6) is 0 Å². The Morgan fingerprint density at radius 1 is 1.06 bits per heavy atom. The SMILES string of the molecule is CCN(CCC(=O)Nc1ccc(C(N)=O)cc1)C(=O)CCCc1nc2ccccc2s1. The minimum absolute atomic E-state index is 0.0437. The highest BCUT2D eigenvalue weighted by Crippen LogP contribution is 2.22. The highest BCUT2D eigenvalue weighted by Gasteiger charge is 2.14. The number of fused-ring (bicyclic) bond motifs is 1. The Balaban J connectivity index is 1.42. The maximum Gasteiger partial charge on any atom is 0.248 e. The van der Waals surface area contributed by atoms with Gasteiger partial charge in [-0.1, -0.05) is 12.1 Å². The number of hydrogen-bond acceptors (Lipinski definition) is 5. The number of hydrogen-bond donors (Lipinski definition) is 2. The first-order chi connectivity index (χ1) is 15.0. The van der Waals surface area contributed by atoms with Crippen LogP contribution in [0.1, 0.15) is 41.6 Å². The summed E-state index contributed by atoms with van der Waals surface area (Å²) in [6.07, 6.45) is 2.13. The minimum atomic E-state index is -0.516. The summed E-state index contributed by atoms with van der Waals surface area (Å²) in [4.78, 5) is 42.2. The molecular weight excluding hydrogens is 412 g/mol. The van der Waals surface area contributed by atoms with Crippen molar-refractivity contribution in [2.75, 3.05) is 18.4 Å². The van der Waals surface area contributed by atoms with Gasteiger partial charge in [-0.25, -0.2) is 4.98 Å². The number of nitrogens with two attached hydrogens (primary N) is 1. The van der Waals surface area contributed by atoms with Crippen molar-refractivity contribution in [1.29, 1.82) is 0 Å². The lowest BCUT2D eigenvalue weighted by atomic mass is 10.2. The number of benzene rings is 2. The molecule has 0 aliphatic heterocycles. The van der Waals surface area contributed by atoms with Crippen molar-refractivity contribution in [3.63, 3.8) is 0 Å². The highest BCUT2D eigenvalue weighted by molar-refractivity contribution is 7.18. The van der Waals surface area contributed by atoms with Crippen molar-refractivity contribution in [2.24, 2.45) is 5.73 Å². The van der Waals surface area contributed by atoms with Crippen LogP contribution >= 0.6 is 11.3 Å². The van der Waals surface area contributed by atoms with Gasteiger partial charge in [-0.2, -0.15) is 0 Å². The lowest BCUT2D eigenvalue weighted by Gasteiger charge is -2.20. The topological polar surface area (TPSA) is 105 Å². The van der Waals surface area contributed by atoms with Crippen LogP contribution in [0.2, 0.25) is 0 Å². The molecule has 162 valence electrons. The molecule has 0 aliphatic rings. The van der Waals surface area contributed by atoms with E-state index in [1.807, 2.05) is 25.1 Å². The number of nitrogens with zero attached hydrogens (tertiary/aromatic N) is 2. The molecule has 0 saturated heterocycles. The standard InChI is InChI=1S/C23H26N4O3S/c1-2-27(15-14-20(28)25-17-12-10-16(11-13-17)23(24)30)22(29)9-5-8-21-26-18-6-3-4-7-19(18)31-21/h3-4,6-7,10-13H,2,5,8-9,14-15H2,1H3,(H2,24,30)(H,25,28). The molecule has 8 heteroatoms. The summed E-state index contributed by atoms with van der Waals surface area (Å²) in [5.74, 6) is -0.659. The fourth-order valence-electron chi connectivity index (χ4n) is 3.21. The fourth-order valence-corrected chi connectivity index (χ4v) is 4.22. The van der Waals surface area contributed by atoms with Gasteiger partial charge < -0.3 is 16.0 Å². The van der Waals surface area contributed by atoms with Crippen LogP contribution in [0.4, 0.5) is 5.69 Å². The third kappa shape index (κ3) is 6.36. The Morgan fingerprint density at radius 2 is 1.81 bits per heavy atom. The second-order valence-electron chi connectivity index (χ2n) is 7.14. The van der Waals surface area contributed by atoms with E-state index in [4.69, 9.17) is 5.73 Å². The second kappa shape index (κ2) is 10.7. The van der Waals surface area contributed by atoms with Crippen molar-refractivity contribution in [3.05, 3.63) is 59.1 Å². The molecule has 3 amide bonds. The number of primary amides is 1. The largest absolute Gasteiger partial charge is 0.366 e. The molecule has 0 bridgehead atoms. The van der Waals surface area contributed by atoms with Gasteiger partial charge in [0.25, 0.3) is 0 Å². The van der Waals surface area contributed by atoms with Crippen molar-refractivity contribution >= 4 is 45.0 Å². The molecule has 0 saturated carbocycles. The molecule has 3 aromatic rings. The molecule has 0 radical (unpaired) electrons. The summed E-state index contributed by atoms with van der Waals surface area (Å²) in [5, 5.41) is 3.81. The van der Waals surface area contributed by atoms with E-state index in [1.54, 1.807) is 40.5 Å². The molecule has 7 nitrogen and oxygen atoms in total. The van der Waals surface area contributed by atoms with Gasteiger partial charge in [0.15, 0.2) is 0 Å². The molecule has 0 aliphatic carbocycles. The van der Waals surface area contributed by atoms with E-state index >= 15 is 0 Å². The first-order valence-electron chi connectivity index (χ1n) is 10.3. The predicted molar refractivity (Wildman–Crippen MR) is 123 cm³/mol. The van der Waals surface area contributed by atoms with Crippen molar-refractivity contribution in [2.45, 2.75) is 32.6 Å². The first-order valence-corrected chi connectivity index (χ1v) is 11.1. The number of aromatic nitrogens is 1. The molecule has 1 heterocycles. The Morgan fingerprint density at radius 3 is 2.48 bits per heavy atom. The van der Waals surface area contributed by atoms with E-state index in [9.17, 15) is 14.4 Å². The van der Waals surface area contributed by atoms with Crippen molar-refractivity contribution in [3.8, 4) is 0 Å². The summed E-state index contributed by atoms with van der Waals surface area (Å²) in [6.45, 7) is 2.83. The Hall–Kier alpha value is -3.26. The van der Waals surface area contributed by atoms with Crippen LogP contribution in [0.15, 0.2) is 48.5 Å². The van der Waals surface area contributed by atoms with Crippen LogP contribution in [-0.4, -0.2) is 40.7 Å². The van der Waals surface area contributed by atoms with E-state index in [2.05, 4.69) is 16.4 Å². The molecule has 2 aromatic carbocycles.